The number of halogens is 1. The third-order valence-electron chi connectivity index (χ3n) is 6.56. The fraction of sp³-hybridized carbons (Fsp3) is 0.481. The number of nitrogens with zero attached hydrogens (tertiary/aromatic N) is 1. The Morgan fingerprint density at radius 1 is 1.16 bits per heavy atom. The second kappa shape index (κ2) is 11.8. The summed E-state index contributed by atoms with van der Waals surface area (Å²) < 4.78 is 13.4. The largest absolute Gasteiger partial charge is 0.343 e. The normalized spacial score (nSPS) is 16.7. The smallest absolute Gasteiger partial charge is 0.252 e. The first-order chi connectivity index (χ1) is 15.5. The van der Waals surface area contributed by atoms with Crippen LogP contribution in [0.3, 0.4) is 0 Å². The predicted molar refractivity (Wildman–Crippen MR) is 126 cm³/mol. The van der Waals surface area contributed by atoms with E-state index in [1.165, 1.54) is 43.4 Å². The molecule has 1 fully saturated rings. The van der Waals surface area contributed by atoms with Gasteiger partial charge in [0.1, 0.15) is 5.82 Å². The lowest BCUT2D eigenvalue weighted by Gasteiger charge is -2.19. The van der Waals surface area contributed by atoms with Gasteiger partial charge in [0, 0.05) is 18.7 Å². The van der Waals surface area contributed by atoms with E-state index in [0.29, 0.717) is 17.4 Å². The van der Waals surface area contributed by atoms with Crippen LogP contribution in [-0.2, 0) is 4.79 Å². The Hall–Kier alpha value is -2.69. The molecule has 1 N–H and O–H groups in total. The molecular formula is C27H35FN2O2. The van der Waals surface area contributed by atoms with Gasteiger partial charge >= 0.3 is 0 Å². The predicted octanol–water partition coefficient (Wildman–Crippen LogP) is 5.47. The number of benzene rings is 2. The summed E-state index contributed by atoms with van der Waals surface area (Å²) >= 11 is 0. The molecule has 2 aromatic carbocycles. The summed E-state index contributed by atoms with van der Waals surface area (Å²) in [6.07, 6.45) is 6.90. The molecule has 1 aliphatic heterocycles. The van der Waals surface area contributed by atoms with E-state index in [2.05, 4.69) is 42.6 Å². The second-order valence-electron chi connectivity index (χ2n) is 8.96. The van der Waals surface area contributed by atoms with Crippen molar-refractivity contribution in [2.45, 2.75) is 58.3 Å². The molecule has 5 heteroatoms. The quantitative estimate of drug-likeness (QED) is 0.535. The molecule has 2 amide bonds. The molecule has 4 nitrogen and oxygen atoms in total. The Morgan fingerprint density at radius 3 is 2.69 bits per heavy atom. The summed E-state index contributed by atoms with van der Waals surface area (Å²) in [6, 6.07) is 14.9. The highest BCUT2D eigenvalue weighted by molar-refractivity contribution is 5.97. The fourth-order valence-electron chi connectivity index (χ4n) is 4.70. The van der Waals surface area contributed by atoms with Crippen LogP contribution in [0.1, 0.15) is 72.9 Å². The number of aryl methyl sites for hydroxylation is 1. The Labute approximate surface area is 191 Å². The summed E-state index contributed by atoms with van der Waals surface area (Å²) in [6.45, 7) is 5.45. The zero-order valence-corrected chi connectivity index (χ0v) is 19.3. The maximum Gasteiger partial charge on any atom is 0.252 e. The number of carbonyl (C=O) groups is 2. The van der Waals surface area contributed by atoms with Gasteiger partial charge in [-0.15, -0.1) is 0 Å². The number of rotatable bonds is 10. The highest BCUT2D eigenvalue weighted by Gasteiger charge is 2.26. The third-order valence-corrected chi connectivity index (χ3v) is 6.56. The zero-order valence-electron chi connectivity index (χ0n) is 19.3. The molecule has 3 rings (SSSR count). The van der Waals surface area contributed by atoms with Crippen LogP contribution in [0.15, 0.2) is 48.5 Å². The van der Waals surface area contributed by atoms with E-state index < -0.39 is 11.7 Å². The van der Waals surface area contributed by atoms with E-state index in [4.69, 9.17) is 0 Å². The maximum atomic E-state index is 13.4. The molecule has 0 aliphatic carbocycles. The van der Waals surface area contributed by atoms with Gasteiger partial charge in [-0.1, -0.05) is 56.2 Å². The molecule has 32 heavy (non-hydrogen) atoms. The Balaban J connectivity index is 1.41. The van der Waals surface area contributed by atoms with E-state index in [1.54, 1.807) is 13.0 Å². The maximum absolute atomic E-state index is 13.4. The van der Waals surface area contributed by atoms with Gasteiger partial charge in [-0.3, -0.25) is 9.59 Å². The first-order valence-corrected chi connectivity index (χ1v) is 11.8. The molecule has 0 saturated carbocycles. The summed E-state index contributed by atoms with van der Waals surface area (Å²) in [7, 11) is 0. The number of amides is 2. The number of carbonyl (C=O) groups excluding carboxylic acids is 2. The molecule has 1 aliphatic rings. The first-order valence-electron chi connectivity index (χ1n) is 11.8. The van der Waals surface area contributed by atoms with E-state index in [0.717, 1.165) is 25.9 Å². The summed E-state index contributed by atoms with van der Waals surface area (Å²) in [5.74, 6) is 0.208. The van der Waals surface area contributed by atoms with Crippen molar-refractivity contribution < 1.29 is 14.0 Å². The van der Waals surface area contributed by atoms with Crippen LogP contribution in [0.5, 0.6) is 0 Å². The molecule has 2 unspecified atom stereocenters. The monoisotopic (exact) mass is 438 g/mol. The van der Waals surface area contributed by atoms with Gasteiger partial charge in [0.25, 0.3) is 5.91 Å². The van der Waals surface area contributed by atoms with Crippen molar-refractivity contribution in [3.8, 4) is 0 Å². The van der Waals surface area contributed by atoms with Gasteiger partial charge in [0.2, 0.25) is 5.91 Å². The molecule has 0 aromatic heterocycles. The lowest BCUT2D eigenvalue weighted by Crippen LogP contribution is -2.39. The van der Waals surface area contributed by atoms with Crippen molar-refractivity contribution in [2.75, 3.05) is 19.6 Å². The van der Waals surface area contributed by atoms with Crippen LogP contribution in [0, 0.1) is 18.7 Å². The molecular weight excluding hydrogens is 403 g/mol. The second-order valence-corrected chi connectivity index (χ2v) is 8.96. The van der Waals surface area contributed by atoms with Crippen LogP contribution in [0.2, 0.25) is 0 Å². The average molecular weight is 439 g/mol. The van der Waals surface area contributed by atoms with Crippen LogP contribution < -0.4 is 5.32 Å². The van der Waals surface area contributed by atoms with Crippen molar-refractivity contribution in [2.24, 2.45) is 5.92 Å². The first kappa shape index (κ1) is 24.0. The minimum Gasteiger partial charge on any atom is -0.343 e. The standard InChI is InChI=1S/C27H35FN2O2/c1-3-8-22(23-10-5-4-6-11-23)12-7-9-21-15-16-30(19-21)26(31)18-29-27(32)25-17-24(28)14-13-20(25)2/h4-6,10-11,13-14,17,21-22H,3,7-9,12,15-16,18-19H2,1-2H3,(H,29,32). The third kappa shape index (κ3) is 6.65. The number of hydrogen-bond acceptors (Lipinski definition) is 2. The highest BCUT2D eigenvalue weighted by Crippen LogP contribution is 2.29. The minimum atomic E-state index is -0.456. The fourth-order valence-corrected chi connectivity index (χ4v) is 4.70. The molecule has 0 bridgehead atoms. The lowest BCUT2D eigenvalue weighted by atomic mass is 9.88. The number of likely N-dealkylation sites (tertiary alicyclic amines) is 1. The molecule has 1 heterocycles. The summed E-state index contributed by atoms with van der Waals surface area (Å²) in [5.41, 5.74) is 2.40. The van der Waals surface area contributed by atoms with E-state index in [-0.39, 0.29) is 18.0 Å². The Kier molecular flexibility index (Phi) is 8.83. The van der Waals surface area contributed by atoms with Crippen molar-refractivity contribution in [1.29, 1.82) is 0 Å². The van der Waals surface area contributed by atoms with E-state index >= 15 is 0 Å². The Bertz CT molecular complexity index is 900. The van der Waals surface area contributed by atoms with Crippen LogP contribution in [0.25, 0.3) is 0 Å². The lowest BCUT2D eigenvalue weighted by molar-refractivity contribution is -0.129. The van der Waals surface area contributed by atoms with Gasteiger partial charge in [-0.05, 0) is 67.7 Å². The molecule has 2 atom stereocenters. The Morgan fingerprint density at radius 2 is 1.94 bits per heavy atom. The van der Waals surface area contributed by atoms with Gasteiger partial charge in [-0.2, -0.15) is 0 Å². The van der Waals surface area contributed by atoms with Crippen molar-refractivity contribution in [3.05, 3.63) is 71.0 Å². The zero-order chi connectivity index (χ0) is 22.9. The van der Waals surface area contributed by atoms with E-state index in [1.807, 2.05) is 4.90 Å². The molecule has 1 saturated heterocycles. The van der Waals surface area contributed by atoms with Gasteiger partial charge in [-0.25, -0.2) is 4.39 Å². The average Bonchev–Trinajstić information content (AvgIpc) is 3.28. The van der Waals surface area contributed by atoms with Gasteiger partial charge in [0.05, 0.1) is 6.54 Å². The summed E-state index contributed by atoms with van der Waals surface area (Å²) in [5, 5.41) is 2.65. The van der Waals surface area contributed by atoms with E-state index in [9.17, 15) is 14.0 Å². The molecule has 0 radical (unpaired) electrons. The van der Waals surface area contributed by atoms with Crippen molar-refractivity contribution >= 4 is 11.8 Å². The molecule has 172 valence electrons. The topological polar surface area (TPSA) is 49.4 Å². The van der Waals surface area contributed by atoms with Gasteiger partial charge < -0.3 is 10.2 Å². The number of hydrogen-bond donors (Lipinski definition) is 1. The minimum absolute atomic E-state index is 0.0475. The summed E-state index contributed by atoms with van der Waals surface area (Å²) in [4.78, 5) is 26.7. The van der Waals surface area contributed by atoms with Crippen LogP contribution in [-0.4, -0.2) is 36.3 Å². The SMILES string of the molecule is CCCC(CCCC1CCN(C(=O)CNC(=O)c2cc(F)ccc2C)C1)c1ccccc1. The molecule has 2 aromatic rings. The van der Waals surface area contributed by atoms with Crippen LogP contribution >= 0.6 is 0 Å². The van der Waals surface area contributed by atoms with Crippen molar-refractivity contribution in [1.82, 2.24) is 10.2 Å². The number of nitrogens with one attached hydrogen (secondary N) is 1. The molecule has 0 spiro atoms. The van der Waals surface area contributed by atoms with Gasteiger partial charge in [0.15, 0.2) is 0 Å². The highest BCUT2D eigenvalue weighted by atomic mass is 19.1. The van der Waals surface area contributed by atoms with Crippen LogP contribution in [0.4, 0.5) is 4.39 Å². The van der Waals surface area contributed by atoms with Crippen molar-refractivity contribution in [3.63, 3.8) is 0 Å².